The normalized spacial score (nSPS) is 26.8. The molecule has 0 bridgehead atoms. The highest BCUT2D eigenvalue weighted by Gasteiger charge is 2.51. The van der Waals surface area contributed by atoms with E-state index in [2.05, 4.69) is 48.8 Å². The predicted molar refractivity (Wildman–Crippen MR) is 104 cm³/mol. The zero-order chi connectivity index (χ0) is 20.0. The lowest BCUT2D eigenvalue weighted by molar-refractivity contribution is -0.0583. The number of nitrogen functional groups attached to an aromatic ring is 1. The van der Waals surface area contributed by atoms with Crippen LogP contribution in [0.2, 0.25) is 18.1 Å². The van der Waals surface area contributed by atoms with Crippen molar-refractivity contribution < 1.29 is 19.0 Å². The molecule has 4 atom stereocenters. The van der Waals surface area contributed by atoms with E-state index in [0.717, 1.165) is 0 Å². The number of methoxy groups -OCH3 is 1. The standard InChI is InChI=1S/C17H29N5O4Si/c1-17(2,3)27(5,6)26-12-10(7-23)25-16(13(12)24-4)22-9-21-11-14(18)19-8-20-15(11)22/h8-10,12-13,16,23H,7H2,1-6H3,(H2,18,19,20)/t10-,12-,13-,16-/m1/s1. The van der Waals surface area contributed by atoms with Crippen molar-refractivity contribution in [3.8, 4) is 0 Å². The van der Waals surface area contributed by atoms with Gasteiger partial charge in [0.1, 0.15) is 30.2 Å². The molecule has 0 amide bonds. The maximum Gasteiger partial charge on any atom is 0.192 e. The zero-order valence-corrected chi connectivity index (χ0v) is 17.7. The number of ether oxygens (including phenoxy) is 2. The molecule has 9 nitrogen and oxygen atoms in total. The number of aromatic nitrogens is 4. The molecule has 0 saturated carbocycles. The van der Waals surface area contributed by atoms with Gasteiger partial charge in [-0.15, -0.1) is 0 Å². The summed E-state index contributed by atoms with van der Waals surface area (Å²) < 4.78 is 20.2. The number of rotatable bonds is 5. The molecule has 27 heavy (non-hydrogen) atoms. The summed E-state index contributed by atoms with van der Waals surface area (Å²) >= 11 is 0. The highest BCUT2D eigenvalue weighted by atomic mass is 28.4. The van der Waals surface area contributed by atoms with Crippen LogP contribution in [0.15, 0.2) is 12.7 Å². The van der Waals surface area contributed by atoms with Crippen molar-refractivity contribution in [1.82, 2.24) is 19.5 Å². The molecule has 0 spiro atoms. The highest BCUT2D eigenvalue weighted by Crippen LogP contribution is 2.42. The molecule has 1 aliphatic rings. The predicted octanol–water partition coefficient (Wildman–Crippen LogP) is 1.70. The van der Waals surface area contributed by atoms with E-state index in [0.29, 0.717) is 17.0 Å². The minimum Gasteiger partial charge on any atom is -0.408 e. The van der Waals surface area contributed by atoms with E-state index in [-0.39, 0.29) is 11.6 Å². The van der Waals surface area contributed by atoms with Crippen molar-refractivity contribution in [3.63, 3.8) is 0 Å². The average molecular weight is 396 g/mol. The molecule has 1 fully saturated rings. The molecule has 1 aliphatic heterocycles. The molecule has 0 aliphatic carbocycles. The number of fused-ring (bicyclic) bond motifs is 1. The van der Waals surface area contributed by atoms with Crippen LogP contribution in [0.5, 0.6) is 0 Å². The first kappa shape index (κ1) is 20.1. The van der Waals surface area contributed by atoms with Crippen LogP contribution in [0.1, 0.15) is 27.0 Å². The molecule has 10 heteroatoms. The van der Waals surface area contributed by atoms with Gasteiger partial charge in [0.15, 0.2) is 26.0 Å². The van der Waals surface area contributed by atoms with E-state index in [4.69, 9.17) is 19.6 Å². The Morgan fingerprint density at radius 2 is 1.96 bits per heavy atom. The van der Waals surface area contributed by atoms with Crippen LogP contribution < -0.4 is 5.73 Å². The van der Waals surface area contributed by atoms with Crippen molar-refractivity contribution in [1.29, 1.82) is 0 Å². The Labute approximate surface area is 160 Å². The fourth-order valence-corrected chi connectivity index (χ4v) is 4.37. The summed E-state index contributed by atoms with van der Waals surface area (Å²) in [5.74, 6) is 0.304. The van der Waals surface area contributed by atoms with Crippen LogP contribution in [0, 0.1) is 0 Å². The maximum atomic E-state index is 9.91. The molecular weight excluding hydrogens is 366 g/mol. The first-order valence-electron chi connectivity index (χ1n) is 9.00. The summed E-state index contributed by atoms with van der Waals surface area (Å²) in [5, 5.41) is 9.93. The third-order valence-electron chi connectivity index (χ3n) is 5.64. The van der Waals surface area contributed by atoms with Gasteiger partial charge in [-0.2, -0.15) is 0 Å². The van der Waals surface area contributed by atoms with Gasteiger partial charge >= 0.3 is 0 Å². The molecule has 1 saturated heterocycles. The van der Waals surface area contributed by atoms with E-state index in [1.807, 2.05) is 0 Å². The second-order valence-corrected chi connectivity index (χ2v) is 13.1. The molecule has 3 rings (SSSR count). The maximum absolute atomic E-state index is 9.91. The monoisotopic (exact) mass is 395 g/mol. The van der Waals surface area contributed by atoms with Crippen molar-refractivity contribution in [2.45, 2.75) is 63.4 Å². The van der Waals surface area contributed by atoms with E-state index in [9.17, 15) is 5.11 Å². The van der Waals surface area contributed by atoms with Crippen LogP contribution in [-0.2, 0) is 13.9 Å². The van der Waals surface area contributed by atoms with Crippen molar-refractivity contribution in [2.75, 3.05) is 19.5 Å². The SMILES string of the molecule is CO[C@@H]1[C@H](O[Si](C)(C)C(C)(C)C)[C@@H](CO)O[C@H]1n1cnc2c(N)ncnc21. The van der Waals surface area contributed by atoms with Gasteiger partial charge in [0.2, 0.25) is 0 Å². The number of nitrogens with zero attached hydrogens (tertiary/aromatic N) is 4. The Morgan fingerprint density at radius 3 is 2.56 bits per heavy atom. The summed E-state index contributed by atoms with van der Waals surface area (Å²) in [6.45, 7) is 10.7. The molecule has 0 aromatic carbocycles. The molecule has 150 valence electrons. The lowest BCUT2D eigenvalue weighted by Crippen LogP contribution is -2.50. The second-order valence-electron chi connectivity index (χ2n) is 8.37. The quantitative estimate of drug-likeness (QED) is 0.735. The highest BCUT2D eigenvalue weighted by molar-refractivity contribution is 6.74. The number of anilines is 1. The van der Waals surface area contributed by atoms with Crippen LogP contribution in [0.4, 0.5) is 5.82 Å². The number of aliphatic hydroxyl groups is 1. The zero-order valence-electron chi connectivity index (χ0n) is 16.7. The smallest absolute Gasteiger partial charge is 0.192 e. The van der Waals surface area contributed by atoms with Gasteiger partial charge in [-0.25, -0.2) is 15.0 Å². The van der Waals surface area contributed by atoms with E-state index < -0.39 is 32.9 Å². The van der Waals surface area contributed by atoms with E-state index >= 15 is 0 Å². The van der Waals surface area contributed by atoms with Gasteiger partial charge in [-0.3, -0.25) is 4.57 Å². The minimum absolute atomic E-state index is 0.0206. The summed E-state index contributed by atoms with van der Waals surface area (Å²) in [6, 6.07) is 0. The summed E-state index contributed by atoms with van der Waals surface area (Å²) in [7, 11) is -0.488. The molecule has 2 aromatic heterocycles. The van der Waals surface area contributed by atoms with Crippen molar-refractivity contribution in [3.05, 3.63) is 12.7 Å². The Kier molecular flexibility index (Phi) is 5.30. The summed E-state index contributed by atoms with van der Waals surface area (Å²) in [6.07, 6.45) is 1.12. The molecule has 0 radical (unpaired) electrons. The Bertz CT molecular complexity index is 806. The van der Waals surface area contributed by atoms with Crippen molar-refractivity contribution >= 4 is 25.3 Å². The summed E-state index contributed by atoms with van der Waals surface area (Å²) in [4.78, 5) is 12.6. The number of hydrogen-bond acceptors (Lipinski definition) is 8. The van der Waals surface area contributed by atoms with Gasteiger partial charge in [-0.05, 0) is 18.1 Å². The largest absolute Gasteiger partial charge is 0.408 e. The Hall–Kier alpha value is -1.59. The van der Waals surface area contributed by atoms with Crippen LogP contribution in [-0.4, -0.2) is 65.0 Å². The number of aliphatic hydroxyl groups excluding tert-OH is 1. The fraction of sp³-hybridized carbons (Fsp3) is 0.706. The average Bonchev–Trinajstić information content (AvgIpc) is 3.15. The van der Waals surface area contributed by atoms with Gasteiger partial charge in [0.05, 0.1) is 12.9 Å². The first-order chi connectivity index (χ1) is 12.6. The molecule has 2 aromatic rings. The Morgan fingerprint density at radius 1 is 1.26 bits per heavy atom. The third kappa shape index (κ3) is 3.47. The molecule has 3 heterocycles. The van der Waals surface area contributed by atoms with Crippen LogP contribution in [0.25, 0.3) is 11.2 Å². The fourth-order valence-electron chi connectivity index (χ4n) is 3.05. The topological polar surface area (TPSA) is 118 Å². The van der Waals surface area contributed by atoms with E-state index in [1.54, 1.807) is 18.0 Å². The minimum atomic E-state index is -2.10. The van der Waals surface area contributed by atoms with Gasteiger partial charge in [-0.1, -0.05) is 20.8 Å². The van der Waals surface area contributed by atoms with Gasteiger partial charge in [0, 0.05) is 7.11 Å². The number of imidazole rings is 1. The third-order valence-corrected chi connectivity index (χ3v) is 10.1. The summed E-state index contributed by atoms with van der Waals surface area (Å²) in [5.41, 5.74) is 6.95. The lowest BCUT2D eigenvalue weighted by Gasteiger charge is -2.40. The van der Waals surface area contributed by atoms with Crippen molar-refractivity contribution in [2.24, 2.45) is 0 Å². The van der Waals surface area contributed by atoms with Gasteiger partial charge < -0.3 is 24.7 Å². The van der Waals surface area contributed by atoms with Crippen LogP contribution >= 0.6 is 0 Å². The first-order valence-corrected chi connectivity index (χ1v) is 11.9. The number of hydrogen-bond donors (Lipinski definition) is 2. The number of nitrogens with two attached hydrogens (primary N) is 1. The van der Waals surface area contributed by atoms with Gasteiger partial charge in [0.25, 0.3) is 0 Å². The molecular formula is C17H29N5O4Si. The second kappa shape index (κ2) is 7.10. The van der Waals surface area contributed by atoms with Crippen LogP contribution in [0.3, 0.4) is 0 Å². The molecule has 0 unspecified atom stereocenters. The van der Waals surface area contributed by atoms with E-state index in [1.165, 1.54) is 6.33 Å². The molecule has 3 N–H and O–H groups in total. The lowest BCUT2D eigenvalue weighted by atomic mass is 10.1. The Balaban J connectivity index is 1.97.